The second-order valence-electron chi connectivity index (χ2n) is 7.08. The predicted octanol–water partition coefficient (Wildman–Crippen LogP) is 2.05. The number of amidine groups is 1. The van der Waals surface area contributed by atoms with E-state index in [0.717, 1.165) is 11.1 Å². The molecule has 0 aliphatic carbocycles. The van der Waals surface area contributed by atoms with Gasteiger partial charge in [-0.05, 0) is 35.9 Å². The zero-order valence-electron chi connectivity index (χ0n) is 15.9. The van der Waals surface area contributed by atoms with Crippen LogP contribution in [0.5, 0.6) is 0 Å². The molecule has 2 atom stereocenters. The standard InChI is InChI=1S/C21H21FN4O3/c1-12(20(27)25-14-6-7-15-13(10-14)11-24-19(15)23)18-21(28)26(8-9-29-18)17-5-3-2-4-16(17)22/h2-7,10,12,18H,8-9,11H2,1H3,(H2,23,24)(H,25,27)/t12-,18-/m1/s1. The first-order valence-electron chi connectivity index (χ1n) is 9.37. The Balaban J connectivity index is 1.47. The van der Waals surface area contributed by atoms with Gasteiger partial charge in [-0.3, -0.25) is 14.6 Å². The summed E-state index contributed by atoms with van der Waals surface area (Å²) in [5.41, 5.74) is 8.39. The second kappa shape index (κ2) is 7.63. The number of nitrogens with one attached hydrogen (secondary N) is 1. The molecule has 150 valence electrons. The number of morpholine rings is 1. The molecule has 7 nitrogen and oxygen atoms in total. The molecule has 2 amide bonds. The van der Waals surface area contributed by atoms with Crippen molar-refractivity contribution in [2.75, 3.05) is 23.4 Å². The van der Waals surface area contributed by atoms with Crippen LogP contribution in [0.4, 0.5) is 15.8 Å². The number of benzene rings is 2. The van der Waals surface area contributed by atoms with Gasteiger partial charge in [-0.15, -0.1) is 0 Å². The van der Waals surface area contributed by atoms with Gasteiger partial charge in [-0.1, -0.05) is 19.1 Å². The van der Waals surface area contributed by atoms with Crippen LogP contribution in [0.2, 0.25) is 0 Å². The zero-order valence-corrected chi connectivity index (χ0v) is 15.9. The fourth-order valence-corrected chi connectivity index (χ4v) is 3.58. The van der Waals surface area contributed by atoms with Crippen LogP contribution in [0.1, 0.15) is 18.1 Å². The van der Waals surface area contributed by atoms with Crippen LogP contribution in [0.3, 0.4) is 0 Å². The molecule has 0 aromatic heterocycles. The Morgan fingerprint density at radius 1 is 1.34 bits per heavy atom. The van der Waals surface area contributed by atoms with Crippen molar-refractivity contribution in [3.8, 4) is 0 Å². The third-order valence-corrected chi connectivity index (χ3v) is 5.20. The third kappa shape index (κ3) is 3.58. The van der Waals surface area contributed by atoms with Crippen molar-refractivity contribution in [1.82, 2.24) is 0 Å². The van der Waals surface area contributed by atoms with E-state index in [9.17, 15) is 14.0 Å². The van der Waals surface area contributed by atoms with Crippen molar-refractivity contribution in [2.45, 2.75) is 19.6 Å². The maximum absolute atomic E-state index is 14.1. The molecule has 2 heterocycles. The maximum atomic E-state index is 14.1. The highest BCUT2D eigenvalue weighted by Gasteiger charge is 2.38. The van der Waals surface area contributed by atoms with E-state index in [0.29, 0.717) is 18.1 Å². The Morgan fingerprint density at radius 2 is 2.14 bits per heavy atom. The summed E-state index contributed by atoms with van der Waals surface area (Å²) in [5, 5.41) is 2.81. The summed E-state index contributed by atoms with van der Waals surface area (Å²) in [6, 6.07) is 11.4. The minimum Gasteiger partial charge on any atom is -0.383 e. The number of nitrogens with two attached hydrogens (primary N) is 1. The lowest BCUT2D eigenvalue weighted by atomic mass is 10.00. The number of nitrogens with zero attached hydrogens (tertiary/aromatic N) is 2. The van der Waals surface area contributed by atoms with Gasteiger partial charge in [0.15, 0.2) is 0 Å². The van der Waals surface area contributed by atoms with Crippen LogP contribution >= 0.6 is 0 Å². The van der Waals surface area contributed by atoms with Gasteiger partial charge in [0, 0.05) is 17.8 Å². The van der Waals surface area contributed by atoms with E-state index in [4.69, 9.17) is 10.5 Å². The molecule has 2 aromatic rings. The highest BCUT2D eigenvalue weighted by molar-refractivity contribution is 6.04. The number of carbonyl (C=O) groups excluding carboxylic acids is 2. The van der Waals surface area contributed by atoms with Crippen LogP contribution in [0.25, 0.3) is 0 Å². The molecule has 4 rings (SSSR count). The Labute approximate surface area is 167 Å². The van der Waals surface area contributed by atoms with Gasteiger partial charge in [0.05, 0.1) is 24.8 Å². The highest BCUT2D eigenvalue weighted by atomic mass is 19.1. The number of rotatable bonds is 4. The van der Waals surface area contributed by atoms with E-state index in [1.807, 2.05) is 12.1 Å². The first-order valence-corrected chi connectivity index (χ1v) is 9.37. The normalized spacial score (nSPS) is 19.5. The molecule has 29 heavy (non-hydrogen) atoms. The molecule has 2 aliphatic rings. The molecule has 0 unspecified atom stereocenters. The van der Waals surface area contributed by atoms with Crippen molar-refractivity contribution in [1.29, 1.82) is 0 Å². The summed E-state index contributed by atoms with van der Waals surface area (Å²) in [5.74, 6) is -1.55. The Hall–Kier alpha value is -3.26. The van der Waals surface area contributed by atoms with Crippen molar-refractivity contribution >= 4 is 29.0 Å². The topological polar surface area (TPSA) is 97.0 Å². The van der Waals surface area contributed by atoms with Gasteiger partial charge in [-0.25, -0.2) is 4.39 Å². The van der Waals surface area contributed by atoms with E-state index >= 15 is 0 Å². The minimum atomic E-state index is -0.989. The molecule has 0 saturated carbocycles. The van der Waals surface area contributed by atoms with E-state index < -0.39 is 23.7 Å². The Bertz CT molecular complexity index is 1010. The number of aliphatic imine (C=N–C) groups is 1. The Morgan fingerprint density at radius 3 is 2.93 bits per heavy atom. The van der Waals surface area contributed by atoms with Crippen LogP contribution in [0, 0.1) is 11.7 Å². The minimum absolute atomic E-state index is 0.189. The van der Waals surface area contributed by atoms with Gasteiger partial charge in [-0.2, -0.15) is 0 Å². The number of anilines is 2. The average Bonchev–Trinajstić information content (AvgIpc) is 3.08. The molecule has 0 spiro atoms. The molecular weight excluding hydrogens is 375 g/mol. The largest absolute Gasteiger partial charge is 0.383 e. The average molecular weight is 396 g/mol. The lowest BCUT2D eigenvalue weighted by Crippen LogP contribution is -2.52. The molecule has 0 bridgehead atoms. The quantitative estimate of drug-likeness (QED) is 0.827. The summed E-state index contributed by atoms with van der Waals surface area (Å²) < 4.78 is 19.7. The highest BCUT2D eigenvalue weighted by Crippen LogP contribution is 2.26. The molecule has 1 fully saturated rings. The molecular formula is C21H21FN4O3. The van der Waals surface area contributed by atoms with Crippen molar-refractivity contribution < 1.29 is 18.7 Å². The van der Waals surface area contributed by atoms with Crippen molar-refractivity contribution in [2.24, 2.45) is 16.6 Å². The van der Waals surface area contributed by atoms with Crippen LogP contribution in [-0.4, -0.2) is 36.9 Å². The van der Waals surface area contributed by atoms with Gasteiger partial charge >= 0.3 is 0 Å². The number of hydrogen-bond donors (Lipinski definition) is 2. The lowest BCUT2D eigenvalue weighted by molar-refractivity contribution is -0.143. The molecule has 0 radical (unpaired) electrons. The summed E-state index contributed by atoms with van der Waals surface area (Å²) >= 11 is 0. The van der Waals surface area contributed by atoms with Gasteiger partial charge in [0.25, 0.3) is 5.91 Å². The van der Waals surface area contributed by atoms with Gasteiger partial charge in [0.1, 0.15) is 17.8 Å². The second-order valence-corrected chi connectivity index (χ2v) is 7.08. The van der Waals surface area contributed by atoms with E-state index in [1.165, 1.54) is 11.0 Å². The molecule has 3 N–H and O–H groups in total. The summed E-state index contributed by atoms with van der Waals surface area (Å²) in [6.45, 7) is 2.55. The maximum Gasteiger partial charge on any atom is 0.257 e. The van der Waals surface area contributed by atoms with Crippen LogP contribution in [-0.2, 0) is 20.9 Å². The van der Waals surface area contributed by atoms with E-state index in [1.54, 1.807) is 31.2 Å². The van der Waals surface area contributed by atoms with Crippen LogP contribution in [0.15, 0.2) is 47.5 Å². The number of ether oxygens (including phenoxy) is 1. The fourth-order valence-electron chi connectivity index (χ4n) is 3.58. The first kappa shape index (κ1) is 19.1. The fraction of sp³-hybridized carbons (Fsp3) is 0.286. The van der Waals surface area contributed by atoms with Crippen molar-refractivity contribution in [3.63, 3.8) is 0 Å². The number of para-hydroxylation sites is 1. The smallest absolute Gasteiger partial charge is 0.257 e. The molecule has 8 heteroatoms. The zero-order chi connectivity index (χ0) is 20.5. The summed E-state index contributed by atoms with van der Waals surface area (Å²) in [4.78, 5) is 31.1. The predicted molar refractivity (Wildman–Crippen MR) is 107 cm³/mol. The van der Waals surface area contributed by atoms with Gasteiger partial charge in [0.2, 0.25) is 5.91 Å². The number of hydrogen-bond acceptors (Lipinski definition) is 5. The third-order valence-electron chi connectivity index (χ3n) is 5.20. The number of amides is 2. The SMILES string of the molecule is C[C@@H](C(=O)Nc1ccc2c(c1)CN=C2N)[C@H]1OCCN(c2ccccc2F)C1=O. The Kier molecular flexibility index (Phi) is 5.02. The molecule has 2 aliphatic heterocycles. The number of halogens is 1. The molecule has 2 aromatic carbocycles. The van der Waals surface area contributed by atoms with Gasteiger partial charge < -0.3 is 20.7 Å². The summed E-state index contributed by atoms with van der Waals surface area (Å²) in [6.07, 6.45) is -0.989. The van der Waals surface area contributed by atoms with Crippen LogP contribution < -0.4 is 16.0 Å². The lowest BCUT2D eigenvalue weighted by Gasteiger charge is -2.34. The van der Waals surface area contributed by atoms with E-state index in [-0.39, 0.29) is 24.7 Å². The monoisotopic (exact) mass is 396 g/mol. The number of fused-ring (bicyclic) bond motifs is 1. The van der Waals surface area contributed by atoms with Crippen molar-refractivity contribution in [3.05, 3.63) is 59.4 Å². The number of carbonyl (C=O) groups is 2. The van der Waals surface area contributed by atoms with E-state index in [2.05, 4.69) is 10.3 Å². The molecule has 1 saturated heterocycles. The summed E-state index contributed by atoms with van der Waals surface area (Å²) in [7, 11) is 0. The first-order chi connectivity index (χ1) is 14.0.